The second-order valence-corrected chi connectivity index (χ2v) is 7.69. The molecule has 2 rings (SSSR count). The summed E-state index contributed by atoms with van der Waals surface area (Å²) in [6, 6.07) is 5.58. The lowest BCUT2D eigenvalue weighted by Crippen LogP contribution is -2.57. The Morgan fingerprint density at radius 1 is 1.52 bits per heavy atom. The molecule has 0 aliphatic carbocycles. The van der Waals surface area contributed by atoms with Gasteiger partial charge in [0.1, 0.15) is 23.3 Å². The average molecular weight is 317 g/mol. The first-order valence-corrected chi connectivity index (χ1v) is 8.48. The zero-order valence-electron chi connectivity index (χ0n) is 12.1. The van der Waals surface area contributed by atoms with Crippen molar-refractivity contribution in [2.45, 2.75) is 32.0 Å². The van der Waals surface area contributed by atoms with Crippen LogP contribution in [0.2, 0.25) is 0 Å². The number of sulfonamides is 1. The Hall–Kier alpha value is -1.18. The largest absolute Gasteiger partial charge is 0.486 e. The van der Waals surface area contributed by atoms with E-state index in [9.17, 15) is 17.9 Å². The Morgan fingerprint density at radius 2 is 2.24 bits per heavy atom. The molecule has 118 valence electrons. The van der Waals surface area contributed by atoms with Crippen molar-refractivity contribution in [2.75, 3.05) is 18.8 Å². The van der Waals surface area contributed by atoms with Crippen LogP contribution < -0.4 is 4.74 Å². The van der Waals surface area contributed by atoms with Crippen LogP contribution in [0.1, 0.15) is 20.3 Å². The fraction of sp³-hybridized carbons (Fsp3) is 0.571. The molecule has 5 nitrogen and oxygen atoms in total. The Morgan fingerprint density at radius 3 is 2.86 bits per heavy atom. The van der Waals surface area contributed by atoms with Gasteiger partial charge in [-0.3, -0.25) is 0 Å². The SMILES string of the molecule is CCS(=O)(=O)N1CC[C@@](C)(O)[C@H](Oc2cccc(F)c2)C1. The Kier molecular flexibility index (Phi) is 4.55. The minimum Gasteiger partial charge on any atom is -0.486 e. The third kappa shape index (κ3) is 3.72. The maximum atomic E-state index is 13.2. The summed E-state index contributed by atoms with van der Waals surface area (Å²) in [5, 5.41) is 10.4. The van der Waals surface area contributed by atoms with Gasteiger partial charge in [0, 0.05) is 12.6 Å². The summed E-state index contributed by atoms with van der Waals surface area (Å²) in [6.07, 6.45) is -0.471. The molecule has 1 aromatic carbocycles. The zero-order valence-corrected chi connectivity index (χ0v) is 12.9. The molecule has 0 bridgehead atoms. The molecule has 0 spiro atoms. The fourth-order valence-corrected chi connectivity index (χ4v) is 3.39. The summed E-state index contributed by atoms with van der Waals surface area (Å²) in [6.45, 7) is 3.49. The summed E-state index contributed by atoms with van der Waals surface area (Å²) in [4.78, 5) is 0. The molecule has 1 aliphatic rings. The molecule has 21 heavy (non-hydrogen) atoms. The number of rotatable bonds is 4. The van der Waals surface area contributed by atoms with Crippen LogP contribution in [0.25, 0.3) is 0 Å². The zero-order chi connectivity index (χ0) is 15.7. The van der Waals surface area contributed by atoms with Crippen molar-refractivity contribution >= 4 is 10.0 Å². The summed E-state index contributed by atoms with van der Waals surface area (Å²) >= 11 is 0. The summed E-state index contributed by atoms with van der Waals surface area (Å²) < 4.78 is 44.0. The van der Waals surface area contributed by atoms with Gasteiger partial charge in [0.25, 0.3) is 0 Å². The number of ether oxygens (including phenoxy) is 1. The predicted molar refractivity (Wildman–Crippen MR) is 77.1 cm³/mol. The average Bonchev–Trinajstić information content (AvgIpc) is 2.41. The fourth-order valence-electron chi connectivity index (χ4n) is 2.29. The van der Waals surface area contributed by atoms with Crippen LogP contribution in [0.15, 0.2) is 24.3 Å². The van der Waals surface area contributed by atoms with Gasteiger partial charge in [0.05, 0.1) is 12.3 Å². The van der Waals surface area contributed by atoms with Crippen molar-refractivity contribution in [3.05, 3.63) is 30.1 Å². The third-order valence-electron chi connectivity index (χ3n) is 3.76. The van der Waals surface area contributed by atoms with Crippen molar-refractivity contribution in [3.63, 3.8) is 0 Å². The highest BCUT2D eigenvalue weighted by Gasteiger charge is 2.42. The predicted octanol–water partition coefficient (Wildman–Crippen LogP) is 1.38. The molecule has 0 saturated carbocycles. The maximum Gasteiger partial charge on any atom is 0.213 e. The molecular weight excluding hydrogens is 297 g/mol. The number of piperidine rings is 1. The molecule has 0 amide bonds. The molecule has 1 aliphatic heterocycles. The van der Waals surface area contributed by atoms with Crippen LogP contribution in [0, 0.1) is 5.82 Å². The molecule has 1 saturated heterocycles. The Bertz CT molecular complexity index is 603. The topological polar surface area (TPSA) is 66.8 Å². The van der Waals surface area contributed by atoms with Crippen LogP contribution in [-0.4, -0.2) is 48.4 Å². The summed E-state index contributed by atoms with van der Waals surface area (Å²) in [5.74, 6) is -0.168. The first-order valence-electron chi connectivity index (χ1n) is 6.87. The lowest BCUT2D eigenvalue weighted by molar-refractivity contribution is -0.0809. The van der Waals surface area contributed by atoms with Crippen molar-refractivity contribution in [1.29, 1.82) is 0 Å². The normalized spacial score (nSPS) is 27.5. The molecule has 1 aromatic rings. The van der Waals surface area contributed by atoms with Crippen LogP contribution in [0.3, 0.4) is 0 Å². The molecule has 2 atom stereocenters. The van der Waals surface area contributed by atoms with E-state index in [1.165, 1.54) is 22.5 Å². The van der Waals surface area contributed by atoms with Gasteiger partial charge in [-0.05, 0) is 32.4 Å². The van der Waals surface area contributed by atoms with Gasteiger partial charge in [-0.15, -0.1) is 0 Å². The van der Waals surface area contributed by atoms with Gasteiger partial charge in [0.15, 0.2) is 0 Å². The van der Waals surface area contributed by atoms with Crippen molar-refractivity contribution in [2.24, 2.45) is 0 Å². The lowest BCUT2D eigenvalue weighted by Gasteiger charge is -2.41. The second kappa shape index (κ2) is 5.90. The van der Waals surface area contributed by atoms with Gasteiger partial charge >= 0.3 is 0 Å². The van der Waals surface area contributed by atoms with Crippen LogP contribution in [0.4, 0.5) is 4.39 Å². The molecule has 1 heterocycles. The van der Waals surface area contributed by atoms with Crippen LogP contribution in [-0.2, 0) is 10.0 Å². The van der Waals surface area contributed by atoms with Gasteiger partial charge in [0.2, 0.25) is 10.0 Å². The van der Waals surface area contributed by atoms with E-state index in [2.05, 4.69) is 0 Å². The molecule has 0 unspecified atom stereocenters. The highest BCUT2D eigenvalue weighted by molar-refractivity contribution is 7.89. The molecule has 0 radical (unpaired) electrons. The minimum atomic E-state index is -3.34. The van der Waals surface area contributed by atoms with Gasteiger partial charge < -0.3 is 9.84 Å². The van der Waals surface area contributed by atoms with Gasteiger partial charge in [-0.25, -0.2) is 12.8 Å². The number of hydrogen-bond donors (Lipinski definition) is 1. The van der Waals surface area contributed by atoms with E-state index in [-0.39, 0.29) is 31.0 Å². The highest BCUT2D eigenvalue weighted by atomic mass is 32.2. The number of aliphatic hydroxyl groups is 1. The van der Waals surface area contributed by atoms with Crippen molar-refractivity contribution in [3.8, 4) is 5.75 Å². The first kappa shape index (κ1) is 16.2. The van der Waals surface area contributed by atoms with E-state index >= 15 is 0 Å². The number of nitrogens with zero attached hydrogens (tertiary/aromatic N) is 1. The maximum absolute atomic E-state index is 13.2. The first-order chi connectivity index (χ1) is 9.74. The van der Waals surface area contributed by atoms with Crippen molar-refractivity contribution in [1.82, 2.24) is 4.31 Å². The molecule has 0 aromatic heterocycles. The van der Waals surface area contributed by atoms with Crippen molar-refractivity contribution < 1.29 is 22.7 Å². The smallest absolute Gasteiger partial charge is 0.213 e. The minimum absolute atomic E-state index is 0.00181. The van der Waals surface area contributed by atoms with E-state index < -0.39 is 27.5 Å². The molecule has 7 heteroatoms. The Balaban J connectivity index is 2.18. The highest BCUT2D eigenvalue weighted by Crippen LogP contribution is 2.28. The lowest BCUT2D eigenvalue weighted by atomic mass is 9.91. The number of benzene rings is 1. The number of halogens is 1. The van der Waals surface area contributed by atoms with E-state index in [0.717, 1.165) is 0 Å². The standard InChI is InChI=1S/C14H20FNO4S/c1-3-21(18,19)16-8-7-14(2,17)13(10-16)20-12-6-4-5-11(15)9-12/h4-6,9,13,17H,3,7-8,10H2,1-2H3/t13-,14-/m1/s1. The van der Waals surface area contributed by atoms with E-state index in [1.54, 1.807) is 19.9 Å². The molecule has 1 fully saturated rings. The monoisotopic (exact) mass is 317 g/mol. The van der Waals surface area contributed by atoms with Gasteiger partial charge in [-0.2, -0.15) is 4.31 Å². The van der Waals surface area contributed by atoms with E-state index in [0.29, 0.717) is 0 Å². The summed E-state index contributed by atoms with van der Waals surface area (Å²) in [5.41, 5.74) is -1.16. The quantitative estimate of drug-likeness (QED) is 0.911. The summed E-state index contributed by atoms with van der Waals surface area (Å²) in [7, 11) is -3.34. The third-order valence-corrected chi connectivity index (χ3v) is 5.61. The van der Waals surface area contributed by atoms with Crippen LogP contribution in [0.5, 0.6) is 5.75 Å². The molecule has 1 N–H and O–H groups in total. The van der Waals surface area contributed by atoms with E-state index in [4.69, 9.17) is 4.74 Å². The Labute approximate surface area is 124 Å². The van der Waals surface area contributed by atoms with Gasteiger partial charge in [-0.1, -0.05) is 6.07 Å². The van der Waals surface area contributed by atoms with E-state index in [1.807, 2.05) is 0 Å². The number of hydrogen-bond acceptors (Lipinski definition) is 4. The second-order valence-electron chi connectivity index (χ2n) is 5.43. The molecular formula is C14H20FNO4S. The van der Waals surface area contributed by atoms with Crippen LogP contribution >= 0.6 is 0 Å².